The van der Waals surface area contributed by atoms with Crippen LogP contribution in [0, 0.1) is 0 Å². The van der Waals surface area contributed by atoms with Crippen LogP contribution in [-0.2, 0) is 20.1 Å². The van der Waals surface area contributed by atoms with E-state index >= 15 is 0 Å². The molecule has 2 rings (SSSR count). The number of nitrogens with zero attached hydrogens (tertiary/aromatic N) is 5. The van der Waals surface area contributed by atoms with Crippen LogP contribution >= 0.6 is 24.0 Å². The second-order valence-corrected chi connectivity index (χ2v) is 5.10. The Balaban J connectivity index is 0.00000264. The van der Waals surface area contributed by atoms with Crippen LogP contribution in [-0.4, -0.2) is 41.6 Å². The lowest BCUT2D eigenvalue weighted by atomic mass is 10.3. The second-order valence-electron chi connectivity index (χ2n) is 5.10. The van der Waals surface area contributed by atoms with Gasteiger partial charge in [-0.05, 0) is 12.1 Å². The fourth-order valence-corrected chi connectivity index (χ4v) is 2.09. The topological polar surface area (TPSA) is 70.4 Å². The minimum atomic E-state index is 0. The van der Waals surface area contributed by atoms with Crippen molar-refractivity contribution in [3.05, 3.63) is 42.0 Å². The molecular weight excluding hydrogens is 405 g/mol. The Morgan fingerprint density at radius 1 is 1.22 bits per heavy atom. The maximum absolute atomic E-state index is 4.39. The van der Waals surface area contributed by atoms with Crippen LogP contribution in [0.15, 0.2) is 35.6 Å². The number of hydrogen-bond acceptors (Lipinski definition) is 4. The molecule has 0 aromatic carbocycles. The monoisotopic (exact) mass is 429 g/mol. The number of imidazole rings is 1. The van der Waals surface area contributed by atoms with Crippen molar-refractivity contribution in [3.8, 4) is 0 Å². The first-order chi connectivity index (χ1) is 10.6. The molecule has 23 heavy (non-hydrogen) atoms. The van der Waals surface area contributed by atoms with Crippen molar-refractivity contribution in [3.63, 3.8) is 0 Å². The summed E-state index contributed by atoms with van der Waals surface area (Å²) in [7, 11) is 7.71. The van der Waals surface area contributed by atoms with E-state index in [1.165, 1.54) is 0 Å². The van der Waals surface area contributed by atoms with Gasteiger partial charge in [-0.15, -0.1) is 24.0 Å². The first-order valence-corrected chi connectivity index (χ1v) is 7.14. The molecule has 0 spiro atoms. The molecular formula is C15H24IN7. The van der Waals surface area contributed by atoms with E-state index in [1.54, 1.807) is 13.2 Å². The zero-order valence-electron chi connectivity index (χ0n) is 13.9. The van der Waals surface area contributed by atoms with E-state index in [9.17, 15) is 0 Å². The fraction of sp³-hybridized carbons (Fsp3) is 0.400. The van der Waals surface area contributed by atoms with Gasteiger partial charge in [0.2, 0.25) is 5.95 Å². The summed E-state index contributed by atoms with van der Waals surface area (Å²) >= 11 is 0. The Morgan fingerprint density at radius 3 is 2.52 bits per heavy atom. The highest BCUT2D eigenvalue weighted by atomic mass is 127. The summed E-state index contributed by atoms with van der Waals surface area (Å²) in [5, 5.41) is 6.52. The first kappa shape index (κ1) is 19.2. The molecule has 0 aliphatic carbocycles. The number of nitrogens with one attached hydrogen (secondary N) is 2. The molecule has 0 atom stereocenters. The van der Waals surface area contributed by atoms with Gasteiger partial charge in [0.15, 0.2) is 5.96 Å². The Kier molecular flexibility index (Phi) is 7.79. The van der Waals surface area contributed by atoms with Gasteiger partial charge in [0.25, 0.3) is 0 Å². The van der Waals surface area contributed by atoms with Gasteiger partial charge in [0.05, 0.1) is 30.7 Å². The number of hydrogen-bond donors (Lipinski definition) is 2. The van der Waals surface area contributed by atoms with E-state index in [0.29, 0.717) is 13.1 Å². The maximum Gasteiger partial charge on any atom is 0.204 e. The Labute approximate surface area is 154 Å². The van der Waals surface area contributed by atoms with Crippen molar-refractivity contribution < 1.29 is 0 Å². The van der Waals surface area contributed by atoms with Crippen LogP contribution in [0.4, 0.5) is 5.95 Å². The van der Waals surface area contributed by atoms with E-state index in [0.717, 1.165) is 23.3 Å². The summed E-state index contributed by atoms with van der Waals surface area (Å²) in [4.78, 5) is 14.9. The zero-order valence-corrected chi connectivity index (χ0v) is 16.3. The van der Waals surface area contributed by atoms with Crippen molar-refractivity contribution >= 4 is 35.9 Å². The van der Waals surface area contributed by atoms with Crippen molar-refractivity contribution in [1.29, 1.82) is 0 Å². The highest BCUT2D eigenvalue weighted by molar-refractivity contribution is 14.0. The van der Waals surface area contributed by atoms with Crippen LogP contribution in [0.25, 0.3) is 0 Å². The van der Waals surface area contributed by atoms with E-state index < -0.39 is 0 Å². The van der Waals surface area contributed by atoms with E-state index in [2.05, 4.69) is 30.2 Å². The molecule has 0 unspecified atom stereocenters. The summed E-state index contributed by atoms with van der Waals surface area (Å²) in [6.07, 6.45) is 3.65. The van der Waals surface area contributed by atoms with Crippen LogP contribution in [0.2, 0.25) is 0 Å². The normalized spacial score (nSPS) is 10.9. The molecule has 2 aromatic heterocycles. The Bertz CT molecular complexity index is 622. The average Bonchev–Trinajstić information content (AvgIpc) is 2.90. The fourth-order valence-electron chi connectivity index (χ4n) is 2.09. The first-order valence-electron chi connectivity index (χ1n) is 7.14. The molecule has 0 amide bonds. The molecule has 0 saturated carbocycles. The zero-order chi connectivity index (χ0) is 15.9. The lowest BCUT2D eigenvalue weighted by molar-refractivity contribution is 0.740. The van der Waals surface area contributed by atoms with Crippen molar-refractivity contribution in [2.24, 2.45) is 12.0 Å². The van der Waals surface area contributed by atoms with Gasteiger partial charge in [-0.2, -0.15) is 0 Å². The number of rotatable bonds is 5. The van der Waals surface area contributed by atoms with Crippen molar-refractivity contribution in [2.75, 3.05) is 26.0 Å². The minimum absolute atomic E-state index is 0. The van der Waals surface area contributed by atoms with Crippen molar-refractivity contribution in [1.82, 2.24) is 25.2 Å². The quantitative estimate of drug-likeness (QED) is 0.427. The van der Waals surface area contributed by atoms with Crippen LogP contribution in [0.1, 0.15) is 11.4 Å². The number of aromatic nitrogens is 3. The molecule has 0 radical (unpaired) electrons. The molecule has 0 bridgehead atoms. The average molecular weight is 429 g/mol. The van der Waals surface area contributed by atoms with Gasteiger partial charge in [0.1, 0.15) is 0 Å². The highest BCUT2D eigenvalue weighted by Crippen LogP contribution is 2.10. The van der Waals surface area contributed by atoms with Gasteiger partial charge in [-0.1, -0.05) is 6.07 Å². The van der Waals surface area contributed by atoms with Crippen LogP contribution in [0.5, 0.6) is 0 Å². The summed E-state index contributed by atoms with van der Waals surface area (Å²) in [5.74, 6) is 1.66. The molecule has 2 aromatic rings. The molecule has 2 heterocycles. The van der Waals surface area contributed by atoms with Gasteiger partial charge < -0.3 is 20.1 Å². The van der Waals surface area contributed by atoms with Gasteiger partial charge in [-0.3, -0.25) is 9.98 Å². The third-order valence-electron chi connectivity index (χ3n) is 3.28. The summed E-state index contributed by atoms with van der Waals surface area (Å²) in [6.45, 7) is 1.29. The number of pyridine rings is 1. The van der Waals surface area contributed by atoms with Gasteiger partial charge >= 0.3 is 0 Å². The van der Waals surface area contributed by atoms with Crippen LogP contribution < -0.4 is 15.5 Å². The largest absolute Gasteiger partial charge is 0.351 e. The molecule has 0 aliphatic heterocycles. The highest BCUT2D eigenvalue weighted by Gasteiger charge is 2.08. The molecule has 8 heteroatoms. The smallest absolute Gasteiger partial charge is 0.204 e. The number of halogens is 1. The molecule has 0 saturated heterocycles. The minimum Gasteiger partial charge on any atom is -0.351 e. The number of aliphatic imine (C=N–C) groups is 1. The van der Waals surface area contributed by atoms with Gasteiger partial charge in [-0.25, -0.2) is 4.98 Å². The lowest BCUT2D eigenvalue weighted by Crippen LogP contribution is -2.36. The SMILES string of the molecule is CN=C(NCc1ccccn1)NCc1cnc(N(C)C)n1C.I. The van der Waals surface area contributed by atoms with E-state index in [4.69, 9.17) is 0 Å². The summed E-state index contributed by atoms with van der Waals surface area (Å²) < 4.78 is 2.05. The number of guanidine groups is 1. The molecule has 7 nitrogen and oxygen atoms in total. The van der Waals surface area contributed by atoms with Crippen LogP contribution in [0.3, 0.4) is 0 Å². The number of anilines is 1. The lowest BCUT2D eigenvalue weighted by Gasteiger charge is -2.14. The molecule has 0 fully saturated rings. The molecule has 126 valence electrons. The Hall–Kier alpha value is -1.84. The standard InChI is InChI=1S/C15H23N7.HI/c1-16-14(18-9-12-7-5-6-8-17-12)19-10-13-11-20-15(21(2)3)22(13)4;/h5-8,11H,9-10H2,1-4H3,(H2,16,18,19);1H. The maximum atomic E-state index is 4.39. The predicted molar refractivity (Wildman–Crippen MR) is 104 cm³/mol. The summed E-state index contributed by atoms with van der Waals surface area (Å²) in [5.41, 5.74) is 2.06. The third-order valence-corrected chi connectivity index (χ3v) is 3.28. The summed E-state index contributed by atoms with van der Waals surface area (Å²) in [6, 6.07) is 5.85. The van der Waals surface area contributed by atoms with Crippen molar-refractivity contribution in [2.45, 2.75) is 13.1 Å². The van der Waals surface area contributed by atoms with E-state index in [-0.39, 0.29) is 24.0 Å². The van der Waals surface area contributed by atoms with Gasteiger partial charge in [0, 0.05) is 34.4 Å². The molecule has 0 aliphatic rings. The molecule has 2 N–H and O–H groups in total. The van der Waals surface area contributed by atoms with E-state index in [1.807, 2.05) is 50.4 Å². The second kappa shape index (κ2) is 9.33. The Morgan fingerprint density at radius 2 is 1.96 bits per heavy atom. The predicted octanol–water partition coefficient (Wildman–Crippen LogP) is 1.36. The third kappa shape index (κ3) is 5.38.